The van der Waals surface area contributed by atoms with Gasteiger partial charge in [-0.2, -0.15) is 0 Å². The standard InChI is InChI=1S/C14H25N/c1-6-14(4)11(3)10(2)7-13-8-12(14)9-15(13)5/h11-13H,2,6-9H2,1,3-5H3. The Balaban J connectivity index is 2.33. The van der Waals surface area contributed by atoms with Crippen LogP contribution in [0.1, 0.15) is 40.0 Å². The first kappa shape index (κ1) is 11.2. The molecule has 1 aliphatic carbocycles. The topological polar surface area (TPSA) is 3.24 Å². The van der Waals surface area contributed by atoms with Crippen molar-refractivity contribution in [2.24, 2.45) is 17.3 Å². The third-order valence-corrected chi connectivity index (χ3v) is 5.48. The third kappa shape index (κ3) is 1.56. The molecule has 4 unspecified atom stereocenters. The van der Waals surface area contributed by atoms with Crippen LogP contribution in [-0.4, -0.2) is 24.5 Å². The van der Waals surface area contributed by atoms with Crippen molar-refractivity contribution in [2.75, 3.05) is 13.6 Å². The maximum absolute atomic E-state index is 4.33. The van der Waals surface area contributed by atoms with E-state index in [2.05, 4.69) is 39.3 Å². The summed E-state index contributed by atoms with van der Waals surface area (Å²) in [5.74, 6) is 1.58. The Kier molecular flexibility index (Phi) is 2.70. The van der Waals surface area contributed by atoms with Gasteiger partial charge in [-0.3, -0.25) is 0 Å². The van der Waals surface area contributed by atoms with Crippen molar-refractivity contribution >= 4 is 0 Å². The molecule has 2 bridgehead atoms. The number of rotatable bonds is 1. The van der Waals surface area contributed by atoms with Gasteiger partial charge in [0.25, 0.3) is 0 Å². The Labute approximate surface area is 94.5 Å². The first-order valence-corrected chi connectivity index (χ1v) is 6.37. The highest BCUT2D eigenvalue weighted by atomic mass is 15.2. The minimum atomic E-state index is 0.483. The van der Waals surface area contributed by atoms with Gasteiger partial charge in [0.2, 0.25) is 0 Å². The lowest BCUT2D eigenvalue weighted by Gasteiger charge is -2.41. The van der Waals surface area contributed by atoms with Gasteiger partial charge in [0.15, 0.2) is 0 Å². The molecule has 0 spiro atoms. The fraction of sp³-hybridized carbons (Fsp3) is 0.857. The van der Waals surface area contributed by atoms with Gasteiger partial charge in [-0.15, -0.1) is 0 Å². The van der Waals surface area contributed by atoms with E-state index < -0.39 is 0 Å². The summed E-state index contributed by atoms with van der Waals surface area (Å²) in [4.78, 5) is 2.55. The van der Waals surface area contributed by atoms with Crippen LogP contribution in [0.3, 0.4) is 0 Å². The van der Waals surface area contributed by atoms with Crippen molar-refractivity contribution in [3.63, 3.8) is 0 Å². The predicted molar refractivity (Wildman–Crippen MR) is 65.8 cm³/mol. The molecule has 4 atom stereocenters. The lowest BCUT2D eigenvalue weighted by Crippen LogP contribution is -2.37. The van der Waals surface area contributed by atoms with E-state index in [9.17, 15) is 0 Å². The van der Waals surface area contributed by atoms with Gasteiger partial charge in [0.05, 0.1) is 0 Å². The summed E-state index contributed by atoms with van der Waals surface area (Å²) >= 11 is 0. The second-order valence-electron chi connectivity index (χ2n) is 5.97. The lowest BCUT2D eigenvalue weighted by atomic mass is 9.65. The molecule has 86 valence electrons. The summed E-state index contributed by atoms with van der Waals surface area (Å²) < 4.78 is 0. The van der Waals surface area contributed by atoms with Gasteiger partial charge in [-0.25, -0.2) is 0 Å². The average Bonchev–Trinajstić information content (AvgIpc) is 2.54. The molecule has 0 aromatic rings. The number of hydrogen-bond donors (Lipinski definition) is 0. The smallest absolute Gasteiger partial charge is 0.0133 e. The monoisotopic (exact) mass is 207 g/mol. The Bertz CT molecular complexity index is 271. The Morgan fingerprint density at radius 2 is 2.20 bits per heavy atom. The van der Waals surface area contributed by atoms with Gasteiger partial charge in [0.1, 0.15) is 0 Å². The number of hydrogen-bond acceptors (Lipinski definition) is 1. The van der Waals surface area contributed by atoms with Crippen LogP contribution in [0.4, 0.5) is 0 Å². The largest absolute Gasteiger partial charge is 0.303 e. The third-order valence-electron chi connectivity index (χ3n) is 5.48. The molecule has 1 aliphatic heterocycles. The predicted octanol–water partition coefficient (Wildman–Crippen LogP) is 3.32. The summed E-state index contributed by atoms with van der Waals surface area (Å²) in [6.45, 7) is 12.8. The van der Waals surface area contributed by atoms with E-state index in [4.69, 9.17) is 0 Å². The maximum atomic E-state index is 4.33. The molecule has 0 N–H and O–H groups in total. The molecule has 2 fully saturated rings. The van der Waals surface area contributed by atoms with E-state index in [1.807, 2.05) is 0 Å². The van der Waals surface area contributed by atoms with Gasteiger partial charge in [-0.1, -0.05) is 32.9 Å². The molecule has 1 saturated carbocycles. The highest BCUT2D eigenvalue weighted by molar-refractivity contribution is 5.14. The van der Waals surface area contributed by atoms with Crippen molar-refractivity contribution in [1.82, 2.24) is 4.90 Å². The van der Waals surface area contributed by atoms with Crippen LogP contribution in [0.25, 0.3) is 0 Å². The molecule has 1 nitrogen and oxygen atoms in total. The van der Waals surface area contributed by atoms with Gasteiger partial charge in [-0.05, 0) is 43.6 Å². The Morgan fingerprint density at radius 3 is 2.80 bits per heavy atom. The molecule has 2 aliphatic rings. The molecule has 15 heavy (non-hydrogen) atoms. The van der Waals surface area contributed by atoms with Crippen LogP contribution in [0.5, 0.6) is 0 Å². The molecule has 1 saturated heterocycles. The van der Waals surface area contributed by atoms with Crippen LogP contribution in [0.15, 0.2) is 12.2 Å². The molecular formula is C14H25N. The fourth-order valence-electron chi connectivity index (χ4n) is 3.69. The van der Waals surface area contributed by atoms with E-state index in [1.165, 1.54) is 31.4 Å². The first-order chi connectivity index (χ1) is 6.99. The minimum Gasteiger partial charge on any atom is -0.303 e. The van der Waals surface area contributed by atoms with E-state index in [0.29, 0.717) is 11.3 Å². The second-order valence-corrected chi connectivity index (χ2v) is 5.97. The second kappa shape index (κ2) is 3.62. The summed E-state index contributed by atoms with van der Waals surface area (Å²) in [7, 11) is 2.28. The Morgan fingerprint density at radius 1 is 1.53 bits per heavy atom. The molecular weight excluding hydrogens is 182 g/mol. The van der Waals surface area contributed by atoms with Crippen LogP contribution in [0.2, 0.25) is 0 Å². The van der Waals surface area contributed by atoms with Crippen molar-refractivity contribution in [2.45, 2.75) is 46.1 Å². The zero-order valence-corrected chi connectivity index (χ0v) is 10.7. The zero-order valence-electron chi connectivity index (χ0n) is 10.7. The molecule has 1 heterocycles. The highest BCUT2D eigenvalue weighted by Gasteiger charge is 2.47. The van der Waals surface area contributed by atoms with Crippen LogP contribution in [-0.2, 0) is 0 Å². The SMILES string of the molecule is C=C1CC2CC(CN2C)C(C)(CC)C1C. The zero-order chi connectivity index (χ0) is 11.2. The van der Waals surface area contributed by atoms with Gasteiger partial charge in [0, 0.05) is 12.6 Å². The van der Waals surface area contributed by atoms with Crippen LogP contribution < -0.4 is 0 Å². The molecule has 2 rings (SSSR count). The molecule has 0 amide bonds. The van der Waals surface area contributed by atoms with Gasteiger partial charge < -0.3 is 4.90 Å². The highest BCUT2D eigenvalue weighted by Crippen LogP contribution is 2.51. The fourth-order valence-corrected chi connectivity index (χ4v) is 3.69. The summed E-state index contributed by atoms with van der Waals surface area (Å²) in [5.41, 5.74) is 1.97. The molecule has 0 radical (unpaired) electrons. The van der Waals surface area contributed by atoms with Crippen LogP contribution >= 0.6 is 0 Å². The lowest BCUT2D eigenvalue weighted by molar-refractivity contribution is 0.119. The maximum Gasteiger partial charge on any atom is 0.0133 e. The number of fused-ring (bicyclic) bond motifs is 2. The summed E-state index contributed by atoms with van der Waals surface area (Å²) in [5, 5.41) is 0. The Hall–Kier alpha value is -0.300. The van der Waals surface area contributed by atoms with Crippen molar-refractivity contribution in [1.29, 1.82) is 0 Å². The van der Waals surface area contributed by atoms with E-state index in [1.54, 1.807) is 0 Å². The van der Waals surface area contributed by atoms with Crippen molar-refractivity contribution in [3.8, 4) is 0 Å². The van der Waals surface area contributed by atoms with E-state index >= 15 is 0 Å². The van der Waals surface area contributed by atoms with Gasteiger partial charge >= 0.3 is 0 Å². The molecule has 0 aromatic carbocycles. The van der Waals surface area contributed by atoms with Crippen LogP contribution in [0, 0.1) is 17.3 Å². The van der Waals surface area contributed by atoms with Crippen molar-refractivity contribution < 1.29 is 0 Å². The average molecular weight is 207 g/mol. The quantitative estimate of drug-likeness (QED) is 0.596. The first-order valence-electron chi connectivity index (χ1n) is 6.37. The number of likely N-dealkylation sites (tertiary alicyclic amines) is 1. The minimum absolute atomic E-state index is 0.483. The van der Waals surface area contributed by atoms with E-state index in [-0.39, 0.29) is 0 Å². The normalized spacial score (nSPS) is 46.9. The van der Waals surface area contributed by atoms with E-state index in [0.717, 1.165) is 12.0 Å². The molecule has 0 aromatic heterocycles. The molecule has 1 heteroatoms. The number of nitrogens with zero attached hydrogens (tertiary/aromatic N) is 1. The van der Waals surface area contributed by atoms with Crippen molar-refractivity contribution in [3.05, 3.63) is 12.2 Å². The summed E-state index contributed by atoms with van der Waals surface area (Å²) in [6, 6.07) is 0.776. The summed E-state index contributed by atoms with van der Waals surface area (Å²) in [6.07, 6.45) is 3.91.